The third kappa shape index (κ3) is 5.85. The second kappa shape index (κ2) is 10.1. The minimum atomic E-state index is -0.539. The molecule has 33 heavy (non-hydrogen) atoms. The van der Waals surface area contributed by atoms with Crippen LogP contribution in [-0.4, -0.2) is 45.3 Å². The van der Waals surface area contributed by atoms with E-state index in [9.17, 15) is 9.59 Å². The first kappa shape index (κ1) is 22.3. The lowest BCUT2D eigenvalue weighted by molar-refractivity contribution is -0.121. The maximum atomic E-state index is 12.5. The number of carbonyl (C=O) groups excluding carboxylic acids is 2. The Morgan fingerprint density at radius 1 is 1.21 bits per heavy atom. The van der Waals surface area contributed by atoms with E-state index >= 15 is 0 Å². The van der Waals surface area contributed by atoms with Gasteiger partial charge in [-0.3, -0.25) is 4.79 Å². The molecule has 172 valence electrons. The second-order valence-electron chi connectivity index (χ2n) is 7.97. The second-order valence-corrected chi connectivity index (χ2v) is 7.97. The summed E-state index contributed by atoms with van der Waals surface area (Å²) in [5.74, 6) is 0.426. The van der Waals surface area contributed by atoms with Gasteiger partial charge in [0.2, 0.25) is 5.91 Å². The number of nitrogens with one attached hydrogen (secondary N) is 2. The number of anilines is 1. The van der Waals surface area contributed by atoms with E-state index in [4.69, 9.17) is 10.5 Å². The maximum Gasteiger partial charge on any atom is 0.319 e. The first-order valence-corrected chi connectivity index (χ1v) is 11.0. The maximum absolute atomic E-state index is 12.5. The highest BCUT2D eigenvalue weighted by atomic mass is 16.5. The fourth-order valence-corrected chi connectivity index (χ4v) is 3.52. The van der Waals surface area contributed by atoms with Crippen LogP contribution < -0.4 is 21.1 Å². The molecule has 1 unspecified atom stereocenters. The monoisotopic (exact) mass is 449 g/mol. The summed E-state index contributed by atoms with van der Waals surface area (Å²) < 4.78 is 7.25. The lowest BCUT2D eigenvalue weighted by Gasteiger charge is -2.15. The van der Waals surface area contributed by atoms with Crippen LogP contribution in [0.15, 0.2) is 48.5 Å². The Bertz CT molecular complexity index is 1110. The van der Waals surface area contributed by atoms with E-state index in [-0.39, 0.29) is 6.54 Å². The van der Waals surface area contributed by atoms with Gasteiger partial charge in [0.15, 0.2) is 5.82 Å². The summed E-state index contributed by atoms with van der Waals surface area (Å²) in [5.41, 5.74) is 7.91. The van der Waals surface area contributed by atoms with Gasteiger partial charge in [0.25, 0.3) is 0 Å². The molecule has 10 heteroatoms. The molecule has 0 spiro atoms. The van der Waals surface area contributed by atoms with E-state index in [1.54, 1.807) is 6.07 Å². The van der Waals surface area contributed by atoms with Gasteiger partial charge in [0.1, 0.15) is 5.75 Å². The van der Waals surface area contributed by atoms with Gasteiger partial charge >= 0.3 is 6.03 Å². The van der Waals surface area contributed by atoms with Gasteiger partial charge in [-0.1, -0.05) is 24.3 Å². The molecule has 1 saturated carbocycles. The van der Waals surface area contributed by atoms with Crippen LogP contribution in [0.25, 0.3) is 11.4 Å². The van der Waals surface area contributed by atoms with Crippen molar-refractivity contribution in [2.24, 2.45) is 11.7 Å². The van der Waals surface area contributed by atoms with Crippen LogP contribution in [0.2, 0.25) is 0 Å². The van der Waals surface area contributed by atoms with Crippen LogP contribution >= 0.6 is 0 Å². The quantitative estimate of drug-likeness (QED) is 0.435. The molecule has 2 aromatic carbocycles. The van der Waals surface area contributed by atoms with Gasteiger partial charge in [-0.2, -0.15) is 0 Å². The Hall–Kier alpha value is -3.95. The number of ether oxygens (including phenoxy) is 1. The molecule has 0 saturated heterocycles. The van der Waals surface area contributed by atoms with E-state index in [1.807, 2.05) is 54.1 Å². The Morgan fingerprint density at radius 2 is 2.00 bits per heavy atom. The molecule has 3 amide bonds. The molecule has 1 fully saturated rings. The molecule has 1 aromatic heterocycles. The van der Waals surface area contributed by atoms with Crippen molar-refractivity contribution in [3.8, 4) is 17.1 Å². The molecular weight excluding hydrogens is 422 g/mol. The van der Waals surface area contributed by atoms with Crippen molar-refractivity contribution in [1.82, 2.24) is 25.5 Å². The Morgan fingerprint density at radius 3 is 2.70 bits per heavy atom. The molecule has 1 heterocycles. The molecule has 1 atom stereocenters. The predicted octanol–water partition coefficient (Wildman–Crippen LogP) is 2.54. The van der Waals surface area contributed by atoms with Crippen molar-refractivity contribution in [2.75, 3.05) is 18.5 Å². The number of tetrazole rings is 1. The summed E-state index contributed by atoms with van der Waals surface area (Å²) in [6, 6.07) is 14.7. The highest BCUT2D eigenvalue weighted by Crippen LogP contribution is 2.36. The van der Waals surface area contributed by atoms with Crippen LogP contribution in [0.3, 0.4) is 0 Å². The number of aromatic nitrogens is 4. The summed E-state index contributed by atoms with van der Waals surface area (Å²) in [7, 11) is 0. The number of carbonyl (C=O) groups is 2. The number of rotatable bonds is 10. The molecule has 0 aliphatic heterocycles. The Balaban J connectivity index is 1.34. The largest absolute Gasteiger partial charge is 0.494 e. The van der Waals surface area contributed by atoms with Crippen molar-refractivity contribution < 1.29 is 14.3 Å². The number of hydrogen-bond donors (Lipinski definition) is 3. The number of nitrogens with zero attached hydrogens (tertiary/aromatic N) is 4. The normalized spacial score (nSPS) is 13.8. The average Bonchev–Trinajstić information content (AvgIpc) is 3.54. The van der Waals surface area contributed by atoms with Crippen molar-refractivity contribution in [1.29, 1.82) is 0 Å². The van der Waals surface area contributed by atoms with E-state index in [2.05, 4.69) is 26.2 Å². The third-order valence-electron chi connectivity index (χ3n) is 5.39. The van der Waals surface area contributed by atoms with Crippen LogP contribution in [0.5, 0.6) is 5.75 Å². The molecule has 1 aliphatic carbocycles. The van der Waals surface area contributed by atoms with E-state index in [0.717, 1.165) is 29.7 Å². The lowest BCUT2D eigenvalue weighted by atomic mass is 9.98. The zero-order chi connectivity index (χ0) is 23.2. The van der Waals surface area contributed by atoms with Crippen LogP contribution in [0.1, 0.15) is 31.4 Å². The minimum absolute atomic E-state index is 0.119. The summed E-state index contributed by atoms with van der Waals surface area (Å²) in [4.78, 5) is 24.4. The van der Waals surface area contributed by atoms with Gasteiger partial charge in [-0.15, -0.1) is 5.10 Å². The molecule has 0 bridgehead atoms. The number of benzene rings is 2. The molecule has 1 aliphatic rings. The first-order chi connectivity index (χ1) is 16.0. The molecule has 0 radical (unpaired) electrons. The highest BCUT2D eigenvalue weighted by Gasteiger charge is 2.28. The molecular formula is C23H27N7O3. The fourth-order valence-electron chi connectivity index (χ4n) is 3.52. The van der Waals surface area contributed by atoms with Crippen LogP contribution in [0.4, 0.5) is 10.5 Å². The summed E-state index contributed by atoms with van der Waals surface area (Å²) in [6.45, 7) is 2.62. The highest BCUT2D eigenvalue weighted by molar-refractivity contribution is 5.90. The number of amides is 3. The molecule has 4 N–H and O–H groups in total. The smallest absolute Gasteiger partial charge is 0.319 e. The molecule has 10 nitrogen and oxygen atoms in total. The van der Waals surface area contributed by atoms with E-state index in [0.29, 0.717) is 30.6 Å². The van der Waals surface area contributed by atoms with Crippen molar-refractivity contribution in [3.63, 3.8) is 0 Å². The SMILES string of the molecule is CCOc1ccc(CC(CNC(=O)Nc2cccc(-c3nnnn3C3CC3)c2)C(N)=O)cc1. The lowest BCUT2D eigenvalue weighted by Crippen LogP contribution is -2.39. The summed E-state index contributed by atoms with van der Waals surface area (Å²) in [5, 5.41) is 17.5. The number of primary amides is 1. The van der Waals surface area contributed by atoms with Crippen LogP contribution in [-0.2, 0) is 11.2 Å². The third-order valence-corrected chi connectivity index (χ3v) is 5.39. The number of hydrogen-bond acceptors (Lipinski definition) is 6. The topological polar surface area (TPSA) is 137 Å². The minimum Gasteiger partial charge on any atom is -0.494 e. The van der Waals surface area contributed by atoms with Crippen molar-refractivity contribution in [2.45, 2.75) is 32.2 Å². The van der Waals surface area contributed by atoms with Gasteiger partial charge < -0.3 is 21.1 Å². The number of urea groups is 1. The molecule has 4 rings (SSSR count). The molecule has 3 aromatic rings. The Kier molecular flexibility index (Phi) is 6.82. The summed E-state index contributed by atoms with van der Waals surface area (Å²) in [6.07, 6.45) is 2.55. The van der Waals surface area contributed by atoms with E-state index < -0.39 is 17.9 Å². The first-order valence-electron chi connectivity index (χ1n) is 11.0. The zero-order valence-corrected chi connectivity index (χ0v) is 18.4. The van der Waals surface area contributed by atoms with Gasteiger partial charge in [-0.05, 0) is 66.4 Å². The van der Waals surface area contributed by atoms with Gasteiger partial charge in [-0.25, -0.2) is 9.48 Å². The average molecular weight is 450 g/mol. The van der Waals surface area contributed by atoms with Crippen molar-refractivity contribution in [3.05, 3.63) is 54.1 Å². The van der Waals surface area contributed by atoms with Crippen LogP contribution in [0, 0.1) is 5.92 Å². The van der Waals surface area contributed by atoms with Crippen molar-refractivity contribution >= 4 is 17.6 Å². The standard InChI is InChI=1S/C23H27N7O3/c1-2-33-20-10-6-15(7-11-20)12-17(21(24)31)14-25-23(32)26-18-5-3-4-16(13-18)22-27-28-29-30(22)19-8-9-19/h3-7,10-11,13,17,19H,2,8-9,12,14H2,1H3,(H2,24,31)(H2,25,26,32). The fraction of sp³-hybridized carbons (Fsp3) is 0.348. The Labute approximate surface area is 191 Å². The number of nitrogens with two attached hydrogens (primary N) is 1. The zero-order valence-electron chi connectivity index (χ0n) is 18.4. The summed E-state index contributed by atoms with van der Waals surface area (Å²) >= 11 is 0. The van der Waals surface area contributed by atoms with Gasteiger partial charge in [0.05, 0.1) is 18.6 Å². The predicted molar refractivity (Wildman–Crippen MR) is 123 cm³/mol. The van der Waals surface area contributed by atoms with Gasteiger partial charge in [0, 0.05) is 17.8 Å². The van der Waals surface area contributed by atoms with E-state index in [1.165, 1.54) is 0 Å².